The highest BCUT2D eigenvalue weighted by Gasteiger charge is 2.69. The maximum atomic E-state index is 12.1. The molecule has 0 aromatic rings. The Bertz CT molecular complexity index is 369. The summed E-state index contributed by atoms with van der Waals surface area (Å²) in [7, 11) is 0. The molecule has 5 heteroatoms. The molecule has 1 fully saturated rings. The second-order valence-electron chi connectivity index (χ2n) is 4.92. The molecule has 0 bridgehead atoms. The van der Waals surface area contributed by atoms with E-state index in [4.69, 9.17) is 21.2 Å². The van der Waals surface area contributed by atoms with Crippen LogP contribution in [0, 0.1) is 5.92 Å². The number of carbonyl (C=O) groups excluding carboxylic acids is 1. The van der Waals surface area contributed by atoms with Crippen molar-refractivity contribution < 1.29 is 14.4 Å². The van der Waals surface area contributed by atoms with Crippen molar-refractivity contribution in [1.29, 1.82) is 0 Å². The maximum Gasteiger partial charge on any atom is 0.355 e. The van der Waals surface area contributed by atoms with Crippen molar-refractivity contribution in [2.75, 3.05) is 6.61 Å². The monoisotopic (exact) mass is 259 g/mol. The number of carbonyl (C=O) groups is 1. The second-order valence-corrected chi connectivity index (χ2v) is 5.57. The zero-order valence-corrected chi connectivity index (χ0v) is 11.2. The number of rotatable bonds is 3. The molecule has 0 spiro atoms. The van der Waals surface area contributed by atoms with Crippen molar-refractivity contribution in [3.63, 3.8) is 0 Å². The fraction of sp³-hybridized carbons (Fsp3) is 0.833. The Kier molecular flexibility index (Phi) is 3.10. The number of fused-ring (bicyclic) bond motifs is 1. The first-order valence-electron chi connectivity index (χ1n) is 6.10. The van der Waals surface area contributed by atoms with Gasteiger partial charge in [-0.2, -0.15) is 0 Å². The van der Waals surface area contributed by atoms with Gasteiger partial charge in [0.2, 0.25) is 0 Å². The summed E-state index contributed by atoms with van der Waals surface area (Å²) in [6, 6.07) is 0. The number of esters is 1. The predicted octanol–water partition coefficient (Wildman–Crippen LogP) is 2.49. The van der Waals surface area contributed by atoms with Crippen molar-refractivity contribution in [3.8, 4) is 0 Å². The minimum atomic E-state index is -1.09. The third-order valence-corrected chi connectivity index (χ3v) is 4.24. The van der Waals surface area contributed by atoms with Gasteiger partial charge in [-0.1, -0.05) is 19.0 Å². The molecule has 1 heterocycles. The van der Waals surface area contributed by atoms with Crippen molar-refractivity contribution in [2.24, 2.45) is 11.1 Å². The molecular weight excluding hydrogens is 242 g/mol. The van der Waals surface area contributed by atoms with Crippen LogP contribution in [0.25, 0.3) is 0 Å². The third-order valence-electron chi connectivity index (χ3n) is 3.55. The van der Waals surface area contributed by atoms with Gasteiger partial charge in [-0.25, -0.2) is 4.79 Å². The lowest BCUT2D eigenvalue weighted by Gasteiger charge is -2.31. The van der Waals surface area contributed by atoms with Crippen LogP contribution >= 0.6 is 11.6 Å². The summed E-state index contributed by atoms with van der Waals surface area (Å²) in [6.45, 7) is 6.12. The van der Waals surface area contributed by atoms with Crippen LogP contribution in [0.3, 0.4) is 0 Å². The van der Waals surface area contributed by atoms with Crippen LogP contribution in [0.2, 0.25) is 0 Å². The van der Waals surface area contributed by atoms with Crippen LogP contribution in [0.4, 0.5) is 0 Å². The van der Waals surface area contributed by atoms with E-state index < -0.39 is 10.5 Å². The fourth-order valence-corrected chi connectivity index (χ4v) is 3.34. The van der Waals surface area contributed by atoms with Gasteiger partial charge in [0.15, 0.2) is 0 Å². The molecule has 2 atom stereocenters. The standard InChI is InChI=1S/C12H18ClNO3/c1-4-16-10(15)12-7-5-6-11(12,13)9(8(2)3)14-17-12/h8H,4-7H2,1-3H3. The van der Waals surface area contributed by atoms with Gasteiger partial charge in [0, 0.05) is 6.42 Å². The quantitative estimate of drug-likeness (QED) is 0.578. The number of hydrogen-bond donors (Lipinski definition) is 0. The molecule has 0 saturated heterocycles. The average Bonchev–Trinajstić information content (AvgIpc) is 2.70. The van der Waals surface area contributed by atoms with Crippen LogP contribution in [0.5, 0.6) is 0 Å². The van der Waals surface area contributed by atoms with Crippen LogP contribution in [-0.4, -0.2) is 28.8 Å². The first kappa shape index (κ1) is 12.7. The smallest absolute Gasteiger partial charge is 0.355 e. The Morgan fingerprint density at radius 2 is 2.29 bits per heavy atom. The molecule has 4 nitrogen and oxygen atoms in total. The topological polar surface area (TPSA) is 47.9 Å². The normalized spacial score (nSPS) is 35.5. The van der Waals surface area contributed by atoms with Crippen molar-refractivity contribution in [3.05, 3.63) is 0 Å². The molecule has 0 aromatic heterocycles. The molecule has 2 unspecified atom stereocenters. The van der Waals surface area contributed by atoms with E-state index in [0.717, 1.165) is 12.1 Å². The van der Waals surface area contributed by atoms with Crippen LogP contribution in [-0.2, 0) is 14.4 Å². The van der Waals surface area contributed by atoms with Gasteiger partial charge in [0.1, 0.15) is 4.87 Å². The second kappa shape index (κ2) is 4.16. The Morgan fingerprint density at radius 3 is 2.88 bits per heavy atom. The maximum absolute atomic E-state index is 12.1. The van der Waals surface area contributed by atoms with E-state index in [1.54, 1.807) is 6.92 Å². The van der Waals surface area contributed by atoms with Crippen molar-refractivity contribution in [1.82, 2.24) is 0 Å². The molecule has 2 aliphatic rings. The van der Waals surface area contributed by atoms with Crippen molar-refractivity contribution in [2.45, 2.75) is 50.5 Å². The van der Waals surface area contributed by atoms with E-state index in [0.29, 0.717) is 19.4 Å². The summed E-state index contributed by atoms with van der Waals surface area (Å²) in [4.78, 5) is 16.7. The van der Waals surface area contributed by atoms with Gasteiger partial charge >= 0.3 is 5.97 Å². The summed E-state index contributed by atoms with van der Waals surface area (Å²) in [5.74, 6) is -0.214. The molecule has 0 aromatic carbocycles. The number of hydrogen-bond acceptors (Lipinski definition) is 4. The van der Waals surface area contributed by atoms with Gasteiger partial charge in [-0.05, 0) is 25.7 Å². The Balaban J connectivity index is 2.34. The Hall–Kier alpha value is -0.770. The van der Waals surface area contributed by atoms with E-state index in [1.165, 1.54) is 0 Å². The highest BCUT2D eigenvalue weighted by Crippen LogP contribution is 2.53. The first-order valence-corrected chi connectivity index (χ1v) is 6.48. The highest BCUT2D eigenvalue weighted by atomic mass is 35.5. The Morgan fingerprint density at radius 1 is 1.59 bits per heavy atom. The van der Waals surface area contributed by atoms with Crippen LogP contribution in [0.1, 0.15) is 40.0 Å². The lowest BCUT2D eigenvalue weighted by molar-refractivity contribution is -0.170. The highest BCUT2D eigenvalue weighted by molar-refractivity contribution is 6.40. The minimum absolute atomic E-state index is 0.168. The van der Waals surface area contributed by atoms with Gasteiger partial charge in [-0.15, -0.1) is 11.6 Å². The molecule has 96 valence electrons. The predicted molar refractivity (Wildman–Crippen MR) is 65.2 cm³/mol. The number of oxime groups is 1. The summed E-state index contributed by atoms with van der Waals surface area (Å²) >= 11 is 6.66. The lowest BCUT2D eigenvalue weighted by atomic mass is 9.82. The van der Waals surface area contributed by atoms with Crippen LogP contribution < -0.4 is 0 Å². The number of nitrogens with zero attached hydrogens (tertiary/aromatic N) is 1. The van der Waals surface area contributed by atoms with Gasteiger partial charge in [-0.3, -0.25) is 0 Å². The summed E-state index contributed by atoms with van der Waals surface area (Å²) in [5, 5.41) is 4.05. The SMILES string of the molecule is CCOC(=O)C12CCCC1(Cl)C(C(C)C)=NO2. The van der Waals surface area contributed by atoms with E-state index in [1.807, 2.05) is 13.8 Å². The summed E-state index contributed by atoms with van der Waals surface area (Å²) < 4.78 is 5.10. The number of ether oxygens (including phenoxy) is 1. The Labute approximate surface area is 106 Å². The molecule has 2 rings (SSSR count). The zero-order valence-electron chi connectivity index (χ0n) is 10.5. The van der Waals surface area contributed by atoms with E-state index >= 15 is 0 Å². The number of halogens is 1. The summed E-state index contributed by atoms with van der Waals surface area (Å²) in [5.41, 5.74) is -0.325. The van der Waals surface area contributed by atoms with Crippen LogP contribution in [0.15, 0.2) is 5.16 Å². The lowest BCUT2D eigenvalue weighted by Crippen LogP contribution is -2.55. The van der Waals surface area contributed by atoms with Gasteiger partial charge in [0.05, 0.1) is 12.3 Å². The largest absolute Gasteiger partial charge is 0.463 e. The van der Waals surface area contributed by atoms with E-state index in [9.17, 15) is 4.79 Å². The first-order chi connectivity index (χ1) is 7.98. The third kappa shape index (κ3) is 1.57. The van der Waals surface area contributed by atoms with Gasteiger partial charge in [0.25, 0.3) is 5.60 Å². The molecule has 1 aliphatic heterocycles. The number of alkyl halides is 1. The molecule has 1 saturated carbocycles. The molecule has 0 N–H and O–H groups in total. The average molecular weight is 260 g/mol. The van der Waals surface area contributed by atoms with E-state index in [2.05, 4.69) is 5.16 Å². The molecule has 0 amide bonds. The molecule has 0 radical (unpaired) electrons. The van der Waals surface area contributed by atoms with Crippen molar-refractivity contribution >= 4 is 23.3 Å². The fourth-order valence-electron chi connectivity index (χ4n) is 2.75. The summed E-state index contributed by atoms with van der Waals surface area (Å²) in [6.07, 6.45) is 2.15. The minimum Gasteiger partial charge on any atom is -0.463 e. The molecule has 17 heavy (non-hydrogen) atoms. The van der Waals surface area contributed by atoms with E-state index in [-0.39, 0.29) is 11.9 Å². The molecular formula is C12H18ClNO3. The van der Waals surface area contributed by atoms with Gasteiger partial charge < -0.3 is 9.57 Å². The molecule has 1 aliphatic carbocycles. The zero-order chi connectivity index (χ0) is 12.7.